The zero-order chi connectivity index (χ0) is 17.6. The fraction of sp³-hybridized carbons (Fsp3) is 0.389. The summed E-state index contributed by atoms with van der Waals surface area (Å²) in [6.07, 6.45) is 3.77. The molecule has 1 amide bonds. The summed E-state index contributed by atoms with van der Waals surface area (Å²) in [5, 5.41) is 2.72. The molecule has 3 rings (SSSR count). The maximum Gasteiger partial charge on any atom is 0.258 e. The molecule has 1 N–H and O–H groups in total. The van der Waals surface area contributed by atoms with E-state index in [1.54, 1.807) is 37.7 Å². The largest absolute Gasteiger partial charge is 0.493 e. The molecular weight excluding hydrogens is 322 g/mol. The highest BCUT2D eigenvalue weighted by Crippen LogP contribution is 2.38. The Morgan fingerprint density at radius 2 is 2.08 bits per heavy atom. The van der Waals surface area contributed by atoms with Gasteiger partial charge in [0.15, 0.2) is 18.1 Å². The summed E-state index contributed by atoms with van der Waals surface area (Å²) < 4.78 is 12.1. The molecule has 25 heavy (non-hydrogen) atoms. The number of amides is 1. The maximum atomic E-state index is 12.0. The molecule has 1 aliphatic carbocycles. The van der Waals surface area contributed by atoms with E-state index < -0.39 is 0 Å². The van der Waals surface area contributed by atoms with Gasteiger partial charge in [0.1, 0.15) is 0 Å². The highest BCUT2D eigenvalue weighted by Gasteiger charge is 2.25. The summed E-state index contributed by atoms with van der Waals surface area (Å²) in [6, 6.07) is 8.72. The fourth-order valence-corrected chi connectivity index (χ4v) is 2.46. The highest BCUT2D eigenvalue weighted by atomic mass is 16.5. The van der Waals surface area contributed by atoms with Gasteiger partial charge in [-0.2, -0.15) is 0 Å². The van der Waals surface area contributed by atoms with Crippen LogP contribution in [0, 0.1) is 0 Å². The van der Waals surface area contributed by atoms with Gasteiger partial charge in [-0.05, 0) is 25.0 Å². The smallest absolute Gasteiger partial charge is 0.258 e. The van der Waals surface area contributed by atoms with Crippen molar-refractivity contribution in [2.45, 2.75) is 25.3 Å². The summed E-state index contributed by atoms with van der Waals surface area (Å²) >= 11 is 0. The second kappa shape index (κ2) is 7.83. The Morgan fingerprint density at radius 3 is 2.76 bits per heavy atom. The van der Waals surface area contributed by atoms with Crippen LogP contribution in [-0.2, 0) is 11.3 Å². The van der Waals surface area contributed by atoms with Crippen molar-refractivity contribution >= 4 is 5.91 Å². The number of methoxy groups -OCH3 is 1. The topological polar surface area (TPSA) is 82.4 Å². The standard InChI is InChI=1S/C18H21N3O4/c1-24-15-4-2-3-5-16(15)25-11-17(22)19-8-9-21-12-20-14(10-18(21)23)13-6-7-13/h2-5,10,12-13H,6-9,11H2,1H3,(H,19,22). The second-order valence-corrected chi connectivity index (χ2v) is 5.91. The van der Waals surface area contributed by atoms with Gasteiger partial charge in [-0.3, -0.25) is 14.2 Å². The van der Waals surface area contributed by atoms with Gasteiger partial charge in [0.05, 0.1) is 19.1 Å². The quantitative estimate of drug-likeness (QED) is 0.782. The third-order valence-electron chi connectivity index (χ3n) is 4.00. The van der Waals surface area contributed by atoms with Gasteiger partial charge in [0.25, 0.3) is 11.5 Å². The normalized spacial score (nSPS) is 13.3. The van der Waals surface area contributed by atoms with E-state index in [1.807, 2.05) is 6.07 Å². The molecule has 0 atom stereocenters. The number of nitrogens with one attached hydrogen (secondary N) is 1. The monoisotopic (exact) mass is 343 g/mol. The van der Waals surface area contributed by atoms with Crippen molar-refractivity contribution in [3.8, 4) is 11.5 Å². The van der Waals surface area contributed by atoms with Gasteiger partial charge >= 0.3 is 0 Å². The van der Waals surface area contributed by atoms with Gasteiger partial charge in [-0.25, -0.2) is 4.98 Å². The first kappa shape index (κ1) is 17.0. The fourth-order valence-electron chi connectivity index (χ4n) is 2.46. The number of hydrogen-bond acceptors (Lipinski definition) is 5. The molecule has 1 heterocycles. The highest BCUT2D eigenvalue weighted by molar-refractivity contribution is 5.77. The Kier molecular flexibility index (Phi) is 5.33. The van der Waals surface area contributed by atoms with E-state index in [9.17, 15) is 9.59 Å². The van der Waals surface area contributed by atoms with Crippen molar-refractivity contribution in [3.05, 3.63) is 52.7 Å². The predicted octanol–water partition coefficient (Wildman–Crippen LogP) is 1.32. The molecule has 0 aliphatic heterocycles. The predicted molar refractivity (Wildman–Crippen MR) is 92.0 cm³/mol. The zero-order valence-corrected chi connectivity index (χ0v) is 14.1. The number of nitrogens with zero attached hydrogens (tertiary/aromatic N) is 2. The van der Waals surface area contributed by atoms with Crippen LogP contribution in [-0.4, -0.2) is 35.7 Å². The minimum Gasteiger partial charge on any atom is -0.493 e. The lowest BCUT2D eigenvalue weighted by atomic mass is 10.3. The van der Waals surface area contributed by atoms with Crippen molar-refractivity contribution in [1.29, 1.82) is 0 Å². The summed E-state index contributed by atoms with van der Waals surface area (Å²) in [7, 11) is 1.54. The summed E-state index contributed by atoms with van der Waals surface area (Å²) in [5.74, 6) is 1.27. The number of hydrogen-bond donors (Lipinski definition) is 1. The number of rotatable bonds is 8. The Morgan fingerprint density at radius 1 is 1.32 bits per heavy atom. The zero-order valence-electron chi connectivity index (χ0n) is 14.1. The molecule has 132 valence electrons. The Hall–Kier alpha value is -2.83. The maximum absolute atomic E-state index is 12.0. The Bertz CT molecular complexity index is 799. The van der Waals surface area contributed by atoms with E-state index in [0.717, 1.165) is 18.5 Å². The molecule has 0 unspecified atom stereocenters. The molecule has 1 fully saturated rings. The second-order valence-electron chi connectivity index (χ2n) is 5.91. The molecule has 0 saturated heterocycles. The first-order valence-electron chi connectivity index (χ1n) is 8.26. The van der Waals surface area contributed by atoms with E-state index in [4.69, 9.17) is 9.47 Å². The average molecular weight is 343 g/mol. The number of ether oxygens (including phenoxy) is 2. The molecule has 1 aliphatic rings. The summed E-state index contributed by atoms with van der Waals surface area (Å²) in [6.45, 7) is 0.587. The van der Waals surface area contributed by atoms with Crippen LogP contribution in [0.2, 0.25) is 0 Å². The lowest BCUT2D eigenvalue weighted by Crippen LogP contribution is -2.33. The van der Waals surface area contributed by atoms with E-state index in [-0.39, 0.29) is 18.1 Å². The SMILES string of the molecule is COc1ccccc1OCC(=O)NCCn1cnc(C2CC2)cc1=O. The third-order valence-corrected chi connectivity index (χ3v) is 4.00. The molecule has 0 spiro atoms. The molecule has 7 heteroatoms. The van der Waals surface area contributed by atoms with E-state index in [2.05, 4.69) is 10.3 Å². The van der Waals surface area contributed by atoms with Crippen LogP contribution < -0.4 is 20.3 Å². The van der Waals surface area contributed by atoms with Gasteiger partial charge < -0.3 is 14.8 Å². The minimum atomic E-state index is -0.262. The number of carbonyl (C=O) groups is 1. The minimum absolute atomic E-state index is 0.0866. The number of carbonyl (C=O) groups excluding carboxylic acids is 1. The van der Waals surface area contributed by atoms with Gasteiger partial charge in [0.2, 0.25) is 0 Å². The number of benzene rings is 1. The van der Waals surface area contributed by atoms with Gasteiger partial charge in [-0.15, -0.1) is 0 Å². The van der Waals surface area contributed by atoms with Crippen LogP contribution in [0.15, 0.2) is 41.5 Å². The van der Waals surface area contributed by atoms with Gasteiger partial charge in [-0.1, -0.05) is 12.1 Å². The Balaban J connectivity index is 1.44. The van der Waals surface area contributed by atoms with E-state index in [1.165, 1.54) is 4.57 Å². The first-order valence-corrected chi connectivity index (χ1v) is 8.26. The number of aromatic nitrogens is 2. The van der Waals surface area contributed by atoms with Crippen molar-refractivity contribution in [2.24, 2.45) is 0 Å². The molecular formula is C18H21N3O4. The third kappa shape index (κ3) is 4.59. The molecule has 2 aromatic rings. The van der Waals surface area contributed by atoms with Crippen LogP contribution in [0.1, 0.15) is 24.5 Å². The molecule has 1 aromatic carbocycles. The molecule has 1 aromatic heterocycles. The molecule has 1 saturated carbocycles. The van der Waals surface area contributed by atoms with Crippen LogP contribution in [0.3, 0.4) is 0 Å². The van der Waals surface area contributed by atoms with E-state index >= 15 is 0 Å². The first-order chi connectivity index (χ1) is 12.2. The van der Waals surface area contributed by atoms with Crippen molar-refractivity contribution in [2.75, 3.05) is 20.3 Å². The number of para-hydroxylation sites is 2. The molecule has 0 radical (unpaired) electrons. The van der Waals surface area contributed by atoms with Crippen LogP contribution in [0.5, 0.6) is 11.5 Å². The lowest BCUT2D eigenvalue weighted by molar-refractivity contribution is -0.123. The Labute approximate surface area is 145 Å². The average Bonchev–Trinajstić information content (AvgIpc) is 3.46. The van der Waals surface area contributed by atoms with Crippen molar-refractivity contribution in [1.82, 2.24) is 14.9 Å². The van der Waals surface area contributed by atoms with Crippen LogP contribution in [0.25, 0.3) is 0 Å². The van der Waals surface area contributed by atoms with Crippen LogP contribution >= 0.6 is 0 Å². The lowest BCUT2D eigenvalue weighted by Gasteiger charge is -2.11. The van der Waals surface area contributed by atoms with Crippen LogP contribution in [0.4, 0.5) is 0 Å². The van der Waals surface area contributed by atoms with Gasteiger partial charge in [0, 0.05) is 25.1 Å². The summed E-state index contributed by atoms with van der Waals surface area (Å²) in [5.41, 5.74) is 0.784. The van der Waals surface area contributed by atoms with E-state index in [0.29, 0.717) is 30.5 Å². The molecule has 7 nitrogen and oxygen atoms in total. The molecule has 0 bridgehead atoms. The van der Waals surface area contributed by atoms with Crippen molar-refractivity contribution in [3.63, 3.8) is 0 Å². The summed E-state index contributed by atoms with van der Waals surface area (Å²) in [4.78, 5) is 28.2. The van der Waals surface area contributed by atoms with Crippen molar-refractivity contribution < 1.29 is 14.3 Å².